The number of aromatic nitrogens is 2. The van der Waals surface area contributed by atoms with Gasteiger partial charge in [-0.05, 0) is 42.9 Å². The molecule has 162 valence electrons. The van der Waals surface area contributed by atoms with Crippen molar-refractivity contribution < 1.29 is 4.79 Å². The number of hydrogen-bond donors (Lipinski definition) is 2. The van der Waals surface area contributed by atoms with E-state index in [9.17, 15) is 9.59 Å². The van der Waals surface area contributed by atoms with Crippen LogP contribution in [0.4, 0.5) is 0 Å². The Hall–Kier alpha value is -2.90. The average Bonchev–Trinajstić information content (AvgIpc) is 3.24. The third-order valence-electron chi connectivity index (χ3n) is 5.85. The van der Waals surface area contributed by atoms with E-state index in [1.54, 1.807) is 0 Å². The molecule has 5 rings (SSSR count). The maximum atomic E-state index is 12.9. The molecule has 2 atom stereocenters. The molecule has 4 aromatic rings. The van der Waals surface area contributed by atoms with Crippen LogP contribution in [0, 0.1) is 0 Å². The van der Waals surface area contributed by atoms with E-state index in [1.807, 2.05) is 54.8 Å². The highest BCUT2D eigenvalue weighted by Gasteiger charge is 2.25. The van der Waals surface area contributed by atoms with Gasteiger partial charge in [-0.25, -0.2) is 4.98 Å². The second-order valence-corrected chi connectivity index (χ2v) is 10.2. The quantitative estimate of drug-likeness (QED) is 0.311. The summed E-state index contributed by atoms with van der Waals surface area (Å²) in [4.78, 5) is 34.0. The van der Waals surface area contributed by atoms with Crippen molar-refractivity contribution in [1.29, 1.82) is 0 Å². The number of aromatic amines is 1. The molecule has 0 saturated carbocycles. The zero-order chi connectivity index (χ0) is 22.1. The number of fused-ring (bicyclic) bond motifs is 2. The summed E-state index contributed by atoms with van der Waals surface area (Å²) in [5.41, 5.74) is 4.23. The maximum absolute atomic E-state index is 12.9. The van der Waals surface area contributed by atoms with E-state index in [4.69, 9.17) is 0 Å². The third kappa shape index (κ3) is 4.10. The van der Waals surface area contributed by atoms with Crippen molar-refractivity contribution in [1.82, 2.24) is 15.3 Å². The summed E-state index contributed by atoms with van der Waals surface area (Å²) in [5.74, 6) is -0.0457. The Balaban J connectivity index is 1.33. The Morgan fingerprint density at radius 1 is 1.19 bits per heavy atom. The number of H-pyrrole nitrogens is 1. The lowest BCUT2D eigenvalue weighted by Crippen LogP contribution is -2.36. The van der Waals surface area contributed by atoms with Gasteiger partial charge in [-0.2, -0.15) is 0 Å². The van der Waals surface area contributed by atoms with E-state index < -0.39 is 0 Å². The van der Waals surface area contributed by atoms with Gasteiger partial charge in [0.2, 0.25) is 5.91 Å². The number of benzene rings is 2. The Bertz CT molecular complexity index is 1330. The van der Waals surface area contributed by atoms with E-state index in [-0.39, 0.29) is 22.8 Å². The SMILES string of the molecule is C[C@@H](Sc1nc2scc(-c3ccccc3)c2c(=O)[nH]1)C(=O)N[C@H]1CCCc2ccccc21. The normalized spacial score (nSPS) is 16.5. The maximum Gasteiger partial charge on any atom is 0.260 e. The van der Waals surface area contributed by atoms with Crippen LogP contribution in [0.1, 0.15) is 36.9 Å². The molecule has 0 spiro atoms. The molecule has 32 heavy (non-hydrogen) atoms. The second-order valence-electron chi connectivity index (χ2n) is 7.98. The van der Waals surface area contributed by atoms with Gasteiger partial charge >= 0.3 is 0 Å². The number of nitrogens with zero attached hydrogens (tertiary/aromatic N) is 1. The lowest BCUT2D eigenvalue weighted by molar-refractivity contribution is -0.121. The fraction of sp³-hybridized carbons (Fsp3) is 0.240. The fourth-order valence-corrected chi connectivity index (χ4v) is 6.04. The Labute approximate surface area is 194 Å². The molecule has 2 aromatic heterocycles. The third-order valence-corrected chi connectivity index (χ3v) is 7.71. The minimum atomic E-state index is -0.377. The van der Waals surface area contributed by atoms with Crippen molar-refractivity contribution in [3.05, 3.63) is 81.5 Å². The minimum Gasteiger partial charge on any atom is -0.348 e. The summed E-state index contributed by atoms with van der Waals surface area (Å²) in [6.45, 7) is 1.85. The van der Waals surface area contributed by atoms with E-state index >= 15 is 0 Å². The highest BCUT2D eigenvalue weighted by Crippen LogP contribution is 2.33. The standard InChI is InChI=1S/C25H23N3O2S2/c1-15(22(29)26-20-13-7-11-16-10-5-6-12-18(16)20)32-25-27-23(30)21-19(14-31-24(21)28-25)17-8-3-2-4-9-17/h2-6,8-10,12,14-15,20H,7,11,13H2,1H3,(H,26,29)(H,27,28,30)/t15-,20+/m1/s1. The van der Waals surface area contributed by atoms with E-state index in [0.717, 1.165) is 30.4 Å². The molecule has 0 bridgehead atoms. The molecule has 1 amide bonds. The molecule has 0 fully saturated rings. The zero-order valence-electron chi connectivity index (χ0n) is 17.6. The van der Waals surface area contributed by atoms with Gasteiger partial charge < -0.3 is 10.3 Å². The first-order chi connectivity index (χ1) is 15.6. The number of carbonyl (C=O) groups excluding carboxylic acids is 1. The van der Waals surface area contributed by atoms with Gasteiger partial charge in [-0.1, -0.05) is 66.4 Å². The van der Waals surface area contributed by atoms with Crippen LogP contribution in [0.2, 0.25) is 0 Å². The van der Waals surface area contributed by atoms with Crippen molar-refractivity contribution in [3.8, 4) is 11.1 Å². The van der Waals surface area contributed by atoms with Crippen molar-refractivity contribution >= 4 is 39.2 Å². The Kier molecular flexibility index (Phi) is 5.85. The smallest absolute Gasteiger partial charge is 0.260 e. The summed E-state index contributed by atoms with van der Waals surface area (Å²) in [5, 5.41) is 5.85. The first-order valence-electron chi connectivity index (χ1n) is 10.7. The lowest BCUT2D eigenvalue weighted by atomic mass is 9.88. The minimum absolute atomic E-state index is 0.0377. The first kappa shape index (κ1) is 21.0. The first-order valence-corrected chi connectivity index (χ1v) is 12.5. The van der Waals surface area contributed by atoms with Crippen LogP contribution >= 0.6 is 23.1 Å². The van der Waals surface area contributed by atoms with Gasteiger partial charge in [0.15, 0.2) is 5.16 Å². The van der Waals surface area contributed by atoms with Crippen LogP contribution in [0.3, 0.4) is 0 Å². The van der Waals surface area contributed by atoms with Gasteiger partial charge in [0, 0.05) is 10.9 Å². The summed E-state index contributed by atoms with van der Waals surface area (Å²) in [6, 6.07) is 18.2. The Morgan fingerprint density at radius 3 is 2.81 bits per heavy atom. The topological polar surface area (TPSA) is 74.8 Å². The number of hydrogen-bond acceptors (Lipinski definition) is 5. The molecule has 1 aliphatic carbocycles. The van der Waals surface area contributed by atoms with E-state index in [0.29, 0.717) is 15.4 Å². The number of nitrogens with one attached hydrogen (secondary N) is 2. The predicted molar refractivity (Wildman–Crippen MR) is 131 cm³/mol. The fourth-order valence-electron chi connectivity index (χ4n) is 4.23. The molecule has 0 saturated heterocycles. The van der Waals surface area contributed by atoms with Crippen molar-refractivity contribution in [2.24, 2.45) is 0 Å². The lowest BCUT2D eigenvalue weighted by Gasteiger charge is -2.27. The van der Waals surface area contributed by atoms with Crippen molar-refractivity contribution in [3.63, 3.8) is 0 Å². The van der Waals surface area contributed by atoms with E-state index in [2.05, 4.69) is 27.4 Å². The van der Waals surface area contributed by atoms with Crippen LogP contribution in [0.15, 0.2) is 69.9 Å². The van der Waals surface area contributed by atoms with E-state index in [1.165, 1.54) is 34.2 Å². The second kappa shape index (κ2) is 8.92. The molecular weight excluding hydrogens is 438 g/mol. The molecule has 2 aromatic carbocycles. The number of thiophene rings is 1. The molecule has 0 unspecified atom stereocenters. The number of rotatable bonds is 5. The zero-order valence-corrected chi connectivity index (χ0v) is 19.3. The molecule has 1 aliphatic rings. The largest absolute Gasteiger partial charge is 0.348 e. The number of carbonyl (C=O) groups is 1. The van der Waals surface area contributed by atoms with Gasteiger partial charge in [-0.15, -0.1) is 11.3 Å². The predicted octanol–water partition coefficient (Wildman–Crippen LogP) is 5.33. The number of thioether (sulfide) groups is 1. The van der Waals surface area contributed by atoms with Crippen molar-refractivity contribution in [2.45, 2.75) is 42.6 Å². The number of amides is 1. The summed E-state index contributed by atoms with van der Waals surface area (Å²) >= 11 is 2.73. The molecule has 5 nitrogen and oxygen atoms in total. The summed E-state index contributed by atoms with van der Waals surface area (Å²) in [6.07, 6.45) is 3.07. The average molecular weight is 462 g/mol. The molecule has 0 aliphatic heterocycles. The van der Waals surface area contributed by atoms with Crippen molar-refractivity contribution in [2.75, 3.05) is 0 Å². The highest BCUT2D eigenvalue weighted by molar-refractivity contribution is 8.00. The van der Waals surface area contributed by atoms with Crippen LogP contribution in [-0.4, -0.2) is 21.1 Å². The van der Waals surface area contributed by atoms with Gasteiger partial charge in [0.05, 0.1) is 16.7 Å². The van der Waals surface area contributed by atoms with Crippen LogP contribution in [0.25, 0.3) is 21.3 Å². The molecule has 0 radical (unpaired) electrons. The molecule has 2 heterocycles. The number of aryl methyl sites for hydroxylation is 1. The van der Waals surface area contributed by atoms with Crippen LogP contribution in [-0.2, 0) is 11.2 Å². The molecule has 7 heteroatoms. The monoisotopic (exact) mass is 461 g/mol. The summed E-state index contributed by atoms with van der Waals surface area (Å²) < 4.78 is 0. The van der Waals surface area contributed by atoms with Gasteiger partial charge in [0.25, 0.3) is 5.56 Å². The van der Waals surface area contributed by atoms with Crippen LogP contribution in [0.5, 0.6) is 0 Å². The van der Waals surface area contributed by atoms with Gasteiger partial charge in [0.1, 0.15) is 4.83 Å². The highest BCUT2D eigenvalue weighted by atomic mass is 32.2. The Morgan fingerprint density at radius 2 is 1.97 bits per heavy atom. The summed E-state index contributed by atoms with van der Waals surface area (Å²) in [7, 11) is 0. The molecular formula is C25H23N3O2S2. The van der Waals surface area contributed by atoms with Gasteiger partial charge in [-0.3, -0.25) is 9.59 Å². The molecule has 2 N–H and O–H groups in total. The van der Waals surface area contributed by atoms with Crippen LogP contribution < -0.4 is 10.9 Å².